The van der Waals surface area contributed by atoms with E-state index in [0.29, 0.717) is 23.6 Å². The van der Waals surface area contributed by atoms with Gasteiger partial charge in [0.15, 0.2) is 12.5 Å². The van der Waals surface area contributed by atoms with Crippen LogP contribution in [0.2, 0.25) is 0 Å². The van der Waals surface area contributed by atoms with Crippen molar-refractivity contribution in [2.45, 2.75) is 0 Å². The smallest absolute Gasteiger partial charge is 0.199 e. The largest absolute Gasteiger partial charge is 0.494 e. The van der Waals surface area contributed by atoms with Crippen LogP contribution in [0.25, 0.3) is 10.9 Å². The first-order valence-corrected chi connectivity index (χ1v) is 11.0. The van der Waals surface area contributed by atoms with Crippen LogP contribution in [0.15, 0.2) is 57.1 Å². The predicted molar refractivity (Wildman–Crippen MR) is 120 cm³/mol. The van der Waals surface area contributed by atoms with E-state index in [4.69, 9.17) is 9.83 Å². The van der Waals surface area contributed by atoms with Gasteiger partial charge >= 0.3 is 0 Å². The monoisotopic (exact) mass is 469 g/mol. The normalized spacial score (nSPS) is 18.0. The number of aromatic hydroxyl groups is 1. The molecule has 30 heavy (non-hydrogen) atoms. The third kappa shape index (κ3) is 3.51. The van der Waals surface area contributed by atoms with Gasteiger partial charge in [-0.15, -0.1) is 0 Å². The van der Waals surface area contributed by atoms with Gasteiger partial charge in [-0.05, 0) is 28.1 Å². The van der Waals surface area contributed by atoms with Gasteiger partial charge in [0.25, 0.3) is 0 Å². The lowest BCUT2D eigenvalue weighted by Gasteiger charge is -2.21. The maximum Gasteiger partial charge on any atom is 0.199 e. The lowest BCUT2D eigenvalue weighted by atomic mass is 10.0. The van der Waals surface area contributed by atoms with Crippen molar-refractivity contribution in [3.63, 3.8) is 0 Å². The maximum atomic E-state index is 10.7. The Morgan fingerprint density at radius 3 is 2.87 bits per heavy atom. The van der Waals surface area contributed by atoms with Gasteiger partial charge in [-0.1, -0.05) is 35.5 Å². The van der Waals surface area contributed by atoms with Crippen LogP contribution in [-0.2, 0) is 4.84 Å². The second kappa shape index (κ2) is 8.22. The number of quaternary nitrogens is 2. The summed E-state index contributed by atoms with van der Waals surface area (Å²) in [6.45, 7) is 6.15. The molecule has 0 aliphatic carbocycles. The highest BCUT2D eigenvalue weighted by molar-refractivity contribution is 9.10. The van der Waals surface area contributed by atoms with Crippen LogP contribution in [0.1, 0.15) is 11.1 Å². The van der Waals surface area contributed by atoms with E-state index in [2.05, 4.69) is 31.4 Å². The molecule has 1 aromatic heterocycles. The van der Waals surface area contributed by atoms with Crippen molar-refractivity contribution in [2.24, 2.45) is 10.1 Å². The molecule has 5 rings (SSSR count). The number of fused-ring (bicyclic) bond motifs is 2. The molecule has 1 fully saturated rings. The topological polar surface area (TPSA) is 91.0 Å². The van der Waals surface area contributed by atoms with Gasteiger partial charge < -0.3 is 25.1 Å². The van der Waals surface area contributed by atoms with Gasteiger partial charge in [-0.25, -0.2) is 4.99 Å². The second-order valence-electron chi connectivity index (χ2n) is 7.63. The Kier molecular flexibility index (Phi) is 5.28. The summed E-state index contributed by atoms with van der Waals surface area (Å²) in [5, 5.41) is 18.4. The van der Waals surface area contributed by atoms with Gasteiger partial charge in [-0.3, -0.25) is 0 Å². The number of hydrogen-bond donors (Lipinski definition) is 4. The van der Waals surface area contributed by atoms with E-state index < -0.39 is 0 Å². The molecule has 7 nitrogen and oxygen atoms in total. The third-order valence-electron chi connectivity index (χ3n) is 5.72. The molecule has 2 aliphatic rings. The zero-order chi connectivity index (χ0) is 20.5. The minimum atomic E-state index is 0.0742. The molecule has 0 bridgehead atoms. The Bertz CT molecular complexity index is 1150. The molecule has 3 heterocycles. The summed E-state index contributed by atoms with van der Waals surface area (Å²) < 4.78 is 0.883. The Balaban J connectivity index is 1.47. The summed E-state index contributed by atoms with van der Waals surface area (Å²) in [7, 11) is 0. The third-order valence-corrected chi connectivity index (χ3v) is 6.38. The van der Waals surface area contributed by atoms with Crippen LogP contribution < -0.4 is 10.2 Å². The Morgan fingerprint density at radius 1 is 1.17 bits per heavy atom. The number of para-hydroxylation sites is 2. The van der Waals surface area contributed by atoms with Crippen molar-refractivity contribution in [3.05, 3.63) is 58.1 Å². The average molecular weight is 470 g/mol. The zero-order valence-corrected chi connectivity index (χ0v) is 18.1. The molecular formula is C22H24BrN5O2+2. The number of nitrogens with zero attached hydrogens (tertiary/aromatic N) is 2. The SMILES string of the molecule is Oc1[nH]c2c(Br)cccc2c1C1=Nc2ccccc2/C1=N\OCC[NH+]1CC[NH2+]CC1. The summed E-state index contributed by atoms with van der Waals surface area (Å²) in [6, 6.07) is 13.7. The number of nitrogens with one attached hydrogen (secondary N) is 2. The fourth-order valence-corrected chi connectivity index (χ4v) is 4.64. The maximum absolute atomic E-state index is 10.7. The molecule has 0 unspecified atom stereocenters. The number of halogens is 1. The molecule has 8 heteroatoms. The van der Waals surface area contributed by atoms with Crippen LogP contribution in [0, 0.1) is 0 Å². The molecular weight excluding hydrogens is 446 g/mol. The number of aromatic amines is 1. The molecule has 1 saturated heterocycles. The molecule has 2 aromatic carbocycles. The van der Waals surface area contributed by atoms with Gasteiger partial charge in [-0.2, -0.15) is 0 Å². The van der Waals surface area contributed by atoms with E-state index in [9.17, 15) is 5.11 Å². The molecule has 0 radical (unpaired) electrons. The predicted octanol–water partition coefficient (Wildman–Crippen LogP) is 0.953. The van der Waals surface area contributed by atoms with Crippen molar-refractivity contribution in [2.75, 3.05) is 39.3 Å². The fraction of sp³-hybridized carbons (Fsp3) is 0.273. The first-order valence-electron chi connectivity index (χ1n) is 10.3. The van der Waals surface area contributed by atoms with E-state index in [-0.39, 0.29) is 5.88 Å². The number of benzene rings is 2. The molecule has 0 atom stereocenters. The van der Waals surface area contributed by atoms with Crippen molar-refractivity contribution >= 4 is 43.9 Å². The van der Waals surface area contributed by atoms with E-state index in [0.717, 1.165) is 46.3 Å². The number of oxime groups is 1. The first-order chi connectivity index (χ1) is 14.7. The lowest BCUT2D eigenvalue weighted by molar-refractivity contribution is -0.947. The summed E-state index contributed by atoms with van der Waals surface area (Å²) in [4.78, 5) is 15.2. The fourth-order valence-electron chi connectivity index (χ4n) is 4.18. The van der Waals surface area contributed by atoms with Gasteiger partial charge in [0.2, 0.25) is 0 Å². The van der Waals surface area contributed by atoms with Gasteiger partial charge in [0.1, 0.15) is 44.1 Å². The van der Waals surface area contributed by atoms with Crippen molar-refractivity contribution in [3.8, 4) is 5.88 Å². The Morgan fingerprint density at radius 2 is 2.00 bits per heavy atom. The molecule has 0 spiro atoms. The molecule has 0 saturated carbocycles. The number of piperazine rings is 1. The van der Waals surface area contributed by atoms with E-state index in [1.807, 2.05) is 42.5 Å². The average Bonchev–Trinajstić information content (AvgIpc) is 3.29. The zero-order valence-electron chi connectivity index (χ0n) is 16.5. The number of rotatable bonds is 5. The van der Waals surface area contributed by atoms with Crippen molar-refractivity contribution in [1.82, 2.24) is 4.98 Å². The first kappa shape index (κ1) is 19.3. The van der Waals surface area contributed by atoms with E-state index >= 15 is 0 Å². The molecule has 154 valence electrons. The second-order valence-corrected chi connectivity index (χ2v) is 8.48. The minimum absolute atomic E-state index is 0.0742. The quantitative estimate of drug-likeness (QED) is 0.331. The molecule has 5 N–H and O–H groups in total. The highest BCUT2D eigenvalue weighted by Crippen LogP contribution is 2.37. The van der Waals surface area contributed by atoms with Gasteiger partial charge in [0.05, 0.1) is 16.8 Å². The van der Waals surface area contributed by atoms with Gasteiger partial charge in [0, 0.05) is 15.4 Å². The van der Waals surface area contributed by atoms with Crippen LogP contribution in [0.4, 0.5) is 5.69 Å². The van der Waals surface area contributed by atoms with Crippen LogP contribution >= 0.6 is 15.9 Å². The number of aliphatic imine (C=N–C) groups is 1. The lowest BCUT2D eigenvalue weighted by Crippen LogP contribution is -3.20. The Labute approximate surface area is 182 Å². The van der Waals surface area contributed by atoms with Crippen molar-refractivity contribution in [1.29, 1.82) is 0 Å². The highest BCUT2D eigenvalue weighted by atomic mass is 79.9. The minimum Gasteiger partial charge on any atom is -0.494 e. The molecule has 2 aliphatic heterocycles. The standard InChI is InChI=1S/C22H22BrN5O2/c23-16-6-3-5-15-18(22(29)26-19(15)16)21-20(14-4-1-2-7-17(14)25-21)27-30-13-12-28-10-8-24-9-11-28/h1-7,24,26,29H,8-13H2/p+2/b27-20+. The Hall–Kier alpha value is -2.68. The number of nitrogens with two attached hydrogens (primary N) is 1. The van der Waals surface area contributed by atoms with Crippen LogP contribution in [0.5, 0.6) is 5.88 Å². The molecule has 0 amide bonds. The number of hydrogen-bond acceptors (Lipinski definition) is 4. The molecule has 3 aromatic rings. The summed E-state index contributed by atoms with van der Waals surface area (Å²) in [5.41, 5.74) is 4.49. The summed E-state index contributed by atoms with van der Waals surface area (Å²) >= 11 is 3.54. The number of aromatic nitrogens is 1. The summed E-state index contributed by atoms with van der Waals surface area (Å²) in [6.07, 6.45) is 0. The van der Waals surface area contributed by atoms with Crippen LogP contribution in [0.3, 0.4) is 0 Å². The van der Waals surface area contributed by atoms with E-state index in [1.165, 1.54) is 13.1 Å². The van der Waals surface area contributed by atoms with Crippen LogP contribution in [-0.4, -0.2) is 60.8 Å². The highest BCUT2D eigenvalue weighted by Gasteiger charge is 2.29. The van der Waals surface area contributed by atoms with Crippen molar-refractivity contribution < 1.29 is 20.2 Å². The van der Waals surface area contributed by atoms with E-state index in [1.54, 1.807) is 4.90 Å². The number of H-pyrrole nitrogens is 1. The summed E-state index contributed by atoms with van der Waals surface area (Å²) in [5.74, 6) is 0.0742.